The maximum Gasteiger partial charge on any atom is 0.411 e. The fraction of sp³-hybridized carbons (Fsp3) is 0.522. The van der Waals surface area contributed by atoms with Crippen LogP contribution in [0.5, 0.6) is 0 Å². The summed E-state index contributed by atoms with van der Waals surface area (Å²) in [6.45, 7) is 13.9. The molecule has 3 fully saturated rings. The van der Waals surface area contributed by atoms with Crippen molar-refractivity contribution in [1.29, 1.82) is 0 Å². The minimum atomic E-state index is -1.30. The molecule has 0 radical (unpaired) electrons. The number of ether oxygens (including phenoxy) is 2. The van der Waals surface area contributed by atoms with Crippen LogP contribution in [0, 0.1) is 0 Å². The number of nitrogens with zero attached hydrogens (tertiary/aromatic N) is 6. The summed E-state index contributed by atoms with van der Waals surface area (Å²) in [4.78, 5) is 74.0. The van der Waals surface area contributed by atoms with Gasteiger partial charge in [-0.1, -0.05) is 64.6 Å². The molecule has 6 atom stereocenters. The molecule has 0 saturated carbocycles. The van der Waals surface area contributed by atoms with Gasteiger partial charge in [0.25, 0.3) is 0 Å². The number of anilines is 3. The Morgan fingerprint density at radius 3 is 1.46 bits per heavy atom. The highest BCUT2D eigenvalue weighted by atomic mass is 35.5. The molecule has 72 heavy (non-hydrogen) atoms. The lowest BCUT2D eigenvalue weighted by Crippen LogP contribution is -2.45. The maximum atomic E-state index is 13.7. The molecule has 3 saturated heterocycles. The fourth-order valence-corrected chi connectivity index (χ4v) is 6.74. The van der Waals surface area contributed by atoms with Crippen LogP contribution >= 0.6 is 58.8 Å². The van der Waals surface area contributed by atoms with E-state index in [-0.39, 0.29) is 68.2 Å². The van der Waals surface area contributed by atoms with E-state index in [2.05, 4.69) is 30.9 Å². The third-order valence-electron chi connectivity index (χ3n) is 9.21. The van der Waals surface area contributed by atoms with E-state index >= 15 is 0 Å². The summed E-state index contributed by atoms with van der Waals surface area (Å²) in [6, 6.07) is 12.2. The summed E-state index contributed by atoms with van der Waals surface area (Å²) >= 11 is 22.6. The van der Waals surface area contributed by atoms with Gasteiger partial charge >= 0.3 is 18.2 Å². The molecule has 0 spiro atoms. The second kappa shape index (κ2) is 30.2. The van der Waals surface area contributed by atoms with Gasteiger partial charge < -0.3 is 41.2 Å². The normalized spacial score (nSPS) is 19.8. The smallest absolute Gasteiger partial charge is 0.411 e. The van der Waals surface area contributed by atoms with E-state index in [1.165, 1.54) is 0 Å². The topological polar surface area (TPSA) is 235 Å². The zero-order chi connectivity index (χ0) is 54.0. The van der Waals surface area contributed by atoms with Gasteiger partial charge in [-0.2, -0.15) is 0 Å². The van der Waals surface area contributed by atoms with E-state index in [1.54, 1.807) is 96.1 Å². The quantitative estimate of drug-likeness (QED) is 0.114. The summed E-state index contributed by atoms with van der Waals surface area (Å²) in [5, 5.41) is 18.5. The lowest BCUT2D eigenvalue weighted by molar-refractivity contribution is -0.142. The number of likely N-dealkylation sites (tertiary alicyclic amines) is 2. The first-order valence-electron chi connectivity index (χ1n) is 22.0. The van der Waals surface area contributed by atoms with Crippen molar-refractivity contribution in [3.63, 3.8) is 0 Å². The van der Waals surface area contributed by atoms with Crippen LogP contribution in [0.4, 0.5) is 40.2 Å². The van der Waals surface area contributed by atoms with Crippen molar-refractivity contribution in [2.24, 2.45) is 0 Å². The molecule has 402 valence electrons. The summed E-state index contributed by atoms with van der Waals surface area (Å²) in [5.74, 6) is -0.931. The van der Waals surface area contributed by atoms with Crippen molar-refractivity contribution in [2.75, 3.05) is 50.1 Å². The molecule has 3 aromatic rings. The molecule has 0 unspecified atom stereocenters. The van der Waals surface area contributed by atoms with Crippen LogP contribution in [0.15, 0.2) is 65.3 Å². The highest BCUT2D eigenvalue weighted by molar-refractivity contribution is 6.30. The number of hydrogen-bond donors (Lipinski definition) is 5. The molecule has 0 aromatic carbocycles. The second-order valence-corrected chi connectivity index (χ2v) is 19.9. The van der Waals surface area contributed by atoms with Gasteiger partial charge in [-0.25, -0.2) is 42.5 Å². The molecule has 3 aliphatic heterocycles. The minimum Gasteiger partial charge on any atom is -0.480 e. The van der Waals surface area contributed by atoms with E-state index in [4.69, 9.17) is 66.7 Å². The number of nitrogen functional groups attached to an aromatic ring is 1. The average molecular weight is 1120 g/mol. The molecule has 26 heteroatoms. The molecule has 6 heterocycles. The molecule has 0 aliphatic carbocycles. The number of aliphatic carboxylic acids is 1. The van der Waals surface area contributed by atoms with Crippen LogP contribution in [0.3, 0.4) is 0 Å². The lowest BCUT2D eigenvalue weighted by Gasteiger charge is -2.27. The Morgan fingerprint density at radius 2 is 1.12 bits per heavy atom. The summed E-state index contributed by atoms with van der Waals surface area (Å²) < 4.78 is 49.9. The number of aromatic nitrogens is 3. The molecule has 18 nitrogen and oxygen atoms in total. The van der Waals surface area contributed by atoms with Crippen LogP contribution < -0.4 is 21.7 Å². The number of allylic oxidation sites excluding steroid dienone is 1. The van der Waals surface area contributed by atoms with Crippen LogP contribution in [0.1, 0.15) is 74.7 Å². The number of rotatable bonds is 6. The van der Waals surface area contributed by atoms with Gasteiger partial charge in [0.1, 0.15) is 79.9 Å². The van der Waals surface area contributed by atoms with Crippen LogP contribution in [0.25, 0.3) is 0 Å². The largest absolute Gasteiger partial charge is 0.480 e. The van der Waals surface area contributed by atoms with Gasteiger partial charge in [0.15, 0.2) is 0 Å². The van der Waals surface area contributed by atoms with Gasteiger partial charge in [-0.15, -0.1) is 12.4 Å². The first-order chi connectivity index (χ1) is 32.8. The predicted octanol–water partition coefficient (Wildman–Crippen LogP) is 9.59. The molecule has 3 aliphatic rings. The van der Waals surface area contributed by atoms with Crippen molar-refractivity contribution < 1.29 is 51.7 Å². The first kappa shape index (κ1) is 65.0. The van der Waals surface area contributed by atoms with Gasteiger partial charge in [-0.05, 0) is 97.4 Å². The molecule has 6 N–H and O–H groups in total. The van der Waals surface area contributed by atoms with E-state index in [0.717, 1.165) is 20.5 Å². The average Bonchev–Trinajstić information content (AvgIpc) is 3.98. The molecule has 4 amide bonds. The lowest BCUT2D eigenvalue weighted by atomic mass is 10.2. The number of carbonyl (C=O) groups is 5. The monoisotopic (exact) mass is 1120 g/mol. The van der Waals surface area contributed by atoms with Gasteiger partial charge in [0.2, 0.25) is 11.8 Å². The van der Waals surface area contributed by atoms with Gasteiger partial charge in [-0.3, -0.25) is 19.4 Å². The summed E-state index contributed by atoms with van der Waals surface area (Å²) in [5.41, 5.74) is 4.98. The number of hydrogen-bond acceptors (Lipinski definition) is 13. The zero-order valence-corrected chi connectivity index (χ0v) is 45.4. The number of nitrogens with one attached hydrogen (secondary N) is 3. The van der Waals surface area contributed by atoms with E-state index in [1.807, 2.05) is 32.8 Å². The standard InChI is InChI=1S/C15H19ClFN3O3.C10H11ClFN3O.C10H16FNO4.C6H12ClN.C5H5ClN2.ClH/c1-15(2,3)23-14(22)20-8-9(17)7-10(20)13(21)19-12-6-4-5-11(16)18-12;11-8-2-1-3-9(14-8)15-10(16)7-4-6(12)5-13-7;1-10(2,3)16-9(15)12-5-6(11)4-7(12)8(13)14;1-5(2)6(7)8(3)4;6-4-2-1-3-5(7)8-4;/h4-6,9-10H,7-8H2,1-3H3,(H,18,19,21);1-3,6-7,13H,4-5H2,(H,14,15,16);6-7H,4-5H2,1-3H3,(H,13,14);1-4H3;1-3H,(H2,7,8);1H/t9-,10+;2*6-,7+;;;/m111.../s1. The third kappa shape index (κ3) is 24.6. The van der Waals surface area contributed by atoms with Gasteiger partial charge in [0.05, 0.1) is 19.1 Å². The number of pyridine rings is 3. The molecule has 0 bridgehead atoms. The van der Waals surface area contributed by atoms with Crippen molar-refractivity contribution in [3.8, 4) is 0 Å². The van der Waals surface area contributed by atoms with Crippen LogP contribution in [0.2, 0.25) is 15.5 Å². The van der Waals surface area contributed by atoms with Crippen molar-refractivity contribution in [1.82, 2.24) is 35.0 Å². The number of alkyl halides is 3. The number of nitrogens with two attached hydrogens (primary N) is 1. The Labute approximate surface area is 444 Å². The van der Waals surface area contributed by atoms with Crippen LogP contribution in [-0.4, -0.2) is 146 Å². The Bertz CT molecular complexity index is 2280. The van der Waals surface area contributed by atoms with Crippen molar-refractivity contribution in [2.45, 2.75) is 122 Å². The number of carbonyl (C=O) groups excluding carboxylic acids is 4. The third-order valence-corrected chi connectivity index (χ3v) is 10.6. The highest BCUT2D eigenvalue weighted by Crippen LogP contribution is 2.26. The Kier molecular flexibility index (Phi) is 27.3. The Hall–Kier alpha value is -5.06. The maximum absolute atomic E-state index is 13.7. The molecule has 3 aromatic heterocycles. The fourth-order valence-electron chi connectivity index (χ4n) is 6.24. The van der Waals surface area contributed by atoms with Crippen molar-refractivity contribution in [3.05, 3.63) is 80.8 Å². The Morgan fingerprint density at radius 1 is 0.708 bits per heavy atom. The highest BCUT2D eigenvalue weighted by Gasteiger charge is 2.43. The molecular formula is C46H64Cl5F3N10O8. The second-order valence-electron chi connectivity index (χ2n) is 18.3. The van der Waals surface area contributed by atoms with Crippen molar-refractivity contribution >= 4 is 106 Å². The minimum absolute atomic E-state index is 0. The Balaban J connectivity index is 0.000000473. The van der Waals surface area contributed by atoms with E-state index < -0.39 is 71.9 Å². The first-order valence-corrected chi connectivity index (χ1v) is 23.5. The number of amides is 4. The number of carboxylic acids is 1. The molecular weight excluding hydrogens is 1050 g/mol. The summed E-state index contributed by atoms with van der Waals surface area (Å²) in [6.07, 6.45) is -5.06. The summed E-state index contributed by atoms with van der Waals surface area (Å²) in [7, 11) is 3.85. The van der Waals surface area contributed by atoms with E-state index in [9.17, 15) is 37.1 Å². The van der Waals surface area contributed by atoms with Crippen LogP contribution in [-0.2, 0) is 23.9 Å². The number of halogens is 8. The molecule has 6 rings (SSSR count). The number of carboxylic acid groups (broad SMARTS) is 1. The van der Waals surface area contributed by atoms with E-state index in [0.29, 0.717) is 21.9 Å². The van der Waals surface area contributed by atoms with Gasteiger partial charge in [0, 0.05) is 39.9 Å². The SMILES string of the molecule is CC(C)(C)OC(=O)N1C[C@H](F)C[C@H]1C(=O)Nc1cccc(Cl)n1.CC(C)(C)OC(=O)N1C[C@H](F)C[C@H]1C(=O)O.CC(C)=C(Cl)N(C)C.Cl.Nc1cccc(Cl)n1.O=C(Nc1cccc(Cl)n1)[C@@H]1C[C@@H](F)CN1. The predicted molar refractivity (Wildman–Crippen MR) is 276 cm³/mol. The zero-order valence-electron chi connectivity index (χ0n) is 41.5.